The number of nitrogens with one attached hydrogen (secondary N) is 2. The molecule has 0 aliphatic heterocycles. The number of nitrogens with zero attached hydrogens (tertiary/aromatic N) is 4. The lowest BCUT2D eigenvalue weighted by atomic mass is 9.98. The summed E-state index contributed by atoms with van der Waals surface area (Å²) in [7, 11) is 0. The Morgan fingerprint density at radius 2 is 1.90 bits per heavy atom. The van der Waals surface area contributed by atoms with Crippen molar-refractivity contribution in [3.63, 3.8) is 0 Å². The summed E-state index contributed by atoms with van der Waals surface area (Å²) >= 11 is 1.45. The van der Waals surface area contributed by atoms with E-state index in [1.807, 2.05) is 42.6 Å². The number of Topliss-reactive ketones (excluding diaryl/α,β-unsaturated/α-hetero) is 1. The molecule has 6 aromatic heterocycles. The summed E-state index contributed by atoms with van der Waals surface area (Å²) in [5.41, 5.74) is 6.66. The number of carbonyl (C=O) groups is 1. The minimum absolute atomic E-state index is 0.0549. The van der Waals surface area contributed by atoms with Crippen LogP contribution in [-0.4, -0.2) is 42.0 Å². The Kier molecular flexibility index (Phi) is 5.93. The zero-order valence-corrected chi connectivity index (χ0v) is 22.2. The maximum absolute atomic E-state index is 11.8. The third kappa shape index (κ3) is 4.48. The molecule has 0 unspecified atom stereocenters. The number of H-pyrrole nitrogens is 2. The molecular formula is C30H26N6O2S. The van der Waals surface area contributed by atoms with Crippen molar-refractivity contribution in [2.24, 2.45) is 0 Å². The summed E-state index contributed by atoms with van der Waals surface area (Å²) in [4.78, 5) is 31.0. The molecule has 0 bridgehead atoms. The van der Waals surface area contributed by atoms with Gasteiger partial charge in [-0.25, -0.2) is 4.98 Å². The highest BCUT2D eigenvalue weighted by Crippen LogP contribution is 2.36. The van der Waals surface area contributed by atoms with Crippen molar-refractivity contribution in [1.82, 2.24) is 30.1 Å². The van der Waals surface area contributed by atoms with E-state index >= 15 is 0 Å². The van der Waals surface area contributed by atoms with Gasteiger partial charge in [-0.15, -0.1) is 11.3 Å². The van der Waals surface area contributed by atoms with Crippen LogP contribution in [0, 0.1) is 0 Å². The summed E-state index contributed by atoms with van der Waals surface area (Å²) in [6.45, 7) is 1.58. The molecule has 39 heavy (non-hydrogen) atoms. The van der Waals surface area contributed by atoms with Gasteiger partial charge in [-0.3, -0.25) is 19.9 Å². The molecule has 1 saturated carbocycles. The van der Waals surface area contributed by atoms with Gasteiger partial charge in [0.1, 0.15) is 17.0 Å². The number of ether oxygens (including phenoxy) is 1. The average Bonchev–Trinajstić information content (AvgIpc) is 3.71. The van der Waals surface area contributed by atoms with E-state index in [0.717, 1.165) is 78.6 Å². The van der Waals surface area contributed by atoms with Crippen molar-refractivity contribution in [3.05, 3.63) is 65.9 Å². The molecular weight excluding hydrogens is 508 g/mol. The molecule has 7 rings (SSSR count). The third-order valence-electron chi connectivity index (χ3n) is 7.26. The molecule has 9 heteroatoms. The number of hydrogen-bond donors (Lipinski definition) is 2. The van der Waals surface area contributed by atoms with E-state index in [1.165, 1.54) is 30.6 Å². The number of fused-ring (bicyclic) bond motifs is 2. The van der Waals surface area contributed by atoms with Gasteiger partial charge in [0.25, 0.3) is 0 Å². The van der Waals surface area contributed by atoms with Gasteiger partial charge in [0.15, 0.2) is 5.78 Å². The topological polar surface area (TPSA) is 109 Å². The van der Waals surface area contributed by atoms with Gasteiger partial charge in [-0.1, -0.05) is 6.42 Å². The van der Waals surface area contributed by atoms with Crippen LogP contribution in [0.5, 0.6) is 5.75 Å². The van der Waals surface area contributed by atoms with Crippen LogP contribution in [0.2, 0.25) is 0 Å². The van der Waals surface area contributed by atoms with Crippen LogP contribution in [0.25, 0.3) is 55.2 Å². The van der Waals surface area contributed by atoms with Crippen molar-refractivity contribution in [3.8, 4) is 39.0 Å². The highest BCUT2D eigenvalue weighted by atomic mass is 32.1. The number of thiophene rings is 1. The molecule has 194 valence electrons. The molecule has 0 amide bonds. The molecule has 1 fully saturated rings. The van der Waals surface area contributed by atoms with Gasteiger partial charge in [0.2, 0.25) is 0 Å². The monoisotopic (exact) mass is 534 g/mol. The number of hydrogen-bond acceptors (Lipinski definition) is 7. The number of pyridine rings is 3. The van der Waals surface area contributed by atoms with Gasteiger partial charge < -0.3 is 9.72 Å². The minimum atomic E-state index is 0.0549. The largest absolute Gasteiger partial charge is 0.489 e. The molecule has 6 heterocycles. The molecule has 8 nitrogen and oxygen atoms in total. The van der Waals surface area contributed by atoms with Crippen LogP contribution in [0.15, 0.2) is 61.1 Å². The van der Waals surface area contributed by atoms with Gasteiger partial charge in [0, 0.05) is 28.9 Å². The van der Waals surface area contributed by atoms with E-state index in [-0.39, 0.29) is 11.9 Å². The zero-order chi connectivity index (χ0) is 26.3. The van der Waals surface area contributed by atoms with Crippen molar-refractivity contribution < 1.29 is 9.53 Å². The van der Waals surface area contributed by atoms with Gasteiger partial charge in [-0.2, -0.15) is 5.10 Å². The van der Waals surface area contributed by atoms with Crippen LogP contribution in [-0.2, 0) is 0 Å². The predicted molar refractivity (Wildman–Crippen MR) is 153 cm³/mol. The Bertz CT molecular complexity index is 1830. The normalized spacial score (nSPS) is 14.3. The number of carbonyl (C=O) groups excluding carboxylic acids is 1. The lowest BCUT2D eigenvalue weighted by Gasteiger charge is -2.22. The van der Waals surface area contributed by atoms with Gasteiger partial charge >= 0.3 is 0 Å². The van der Waals surface area contributed by atoms with Gasteiger partial charge in [-0.05, 0) is 75.1 Å². The lowest BCUT2D eigenvalue weighted by Crippen LogP contribution is -2.19. The lowest BCUT2D eigenvalue weighted by molar-refractivity contribution is 0.102. The molecule has 0 saturated heterocycles. The summed E-state index contributed by atoms with van der Waals surface area (Å²) < 4.78 is 6.24. The summed E-state index contributed by atoms with van der Waals surface area (Å²) in [5.74, 6) is 0.838. The van der Waals surface area contributed by atoms with Crippen LogP contribution < -0.4 is 4.74 Å². The Morgan fingerprint density at radius 3 is 2.74 bits per heavy atom. The SMILES string of the molecule is CC(=O)c1ccc(-c2nccc3[nH]c(-c4n[nH]c5ccc(-c6cncc(OC7CCCCC7)c6)nc45)cc23)s1. The molecule has 0 spiro atoms. The second-order valence-corrected chi connectivity index (χ2v) is 11.1. The fourth-order valence-corrected chi connectivity index (χ4v) is 6.19. The smallest absolute Gasteiger partial charge is 0.169 e. The highest BCUT2D eigenvalue weighted by Gasteiger charge is 2.18. The van der Waals surface area contributed by atoms with Crippen molar-refractivity contribution in [2.75, 3.05) is 0 Å². The maximum atomic E-state index is 11.8. The summed E-state index contributed by atoms with van der Waals surface area (Å²) in [6.07, 6.45) is 11.6. The fourth-order valence-electron chi connectivity index (χ4n) is 5.28. The summed E-state index contributed by atoms with van der Waals surface area (Å²) in [6, 6.07) is 13.8. The minimum Gasteiger partial charge on any atom is -0.489 e. The number of aromatic nitrogens is 6. The molecule has 0 atom stereocenters. The predicted octanol–water partition coefficient (Wildman–Crippen LogP) is 7.21. The van der Waals surface area contributed by atoms with Crippen molar-refractivity contribution in [2.45, 2.75) is 45.1 Å². The second-order valence-electron chi connectivity index (χ2n) is 9.98. The van der Waals surface area contributed by atoms with E-state index in [1.54, 1.807) is 19.3 Å². The first-order chi connectivity index (χ1) is 19.1. The highest BCUT2D eigenvalue weighted by molar-refractivity contribution is 7.17. The van der Waals surface area contributed by atoms with Crippen LogP contribution in [0.4, 0.5) is 0 Å². The van der Waals surface area contributed by atoms with Crippen molar-refractivity contribution >= 4 is 39.1 Å². The Labute approximate surface area is 228 Å². The molecule has 6 aromatic rings. The zero-order valence-electron chi connectivity index (χ0n) is 21.4. The first-order valence-corrected chi connectivity index (χ1v) is 14.0. The van der Waals surface area contributed by atoms with Crippen LogP contribution in [0.3, 0.4) is 0 Å². The average molecular weight is 535 g/mol. The van der Waals surface area contributed by atoms with E-state index in [0.29, 0.717) is 0 Å². The fraction of sp³-hybridized carbons (Fsp3) is 0.233. The Hall–Kier alpha value is -4.37. The first-order valence-electron chi connectivity index (χ1n) is 13.2. The molecule has 2 N–H and O–H groups in total. The number of rotatable bonds is 6. The first kappa shape index (κ1) is 23.7. The molecule has 1 aliphatic carbocycles. The molecule has 1 aliphatic rings. The summed E-state index contributed by atoms with van der Waals surface area (Å²) in [5, 5.41) is 8.68. The maximum Gasteiger partial charge on any atom is 0.169 e. The van der Waals surface area contributed by atoms with E-state index < -0.39 is 0 Å². The Balaban J connectivity index is 1.25. The van der Waals surface area contributed by atoms with Crippen molar-refractivity contribution in [1.29, 1.82) is 0 Å². The number of aromatic amines is 2. The van der Waals surface area contributed by atoms with Gasteiger partial charge in [0.05, 0.1) is 44.7 Å². The third-order valence-corrected chi connectivity index (χ3v) is 8.45. The quantitative estimate of drug-likeness (QED) is 0.219. The van der Waals surface area contributed by atoms with Crippen LogP contribution in [0.1, 0.15) is 48.7 Å². The number of ketones is 1. The van der Waals surface area contributed by atoms with Crippen LogP contribution >= 0.6 is 11.3 Å². The standard InChI is InChI=1S/C30H26N6O2S/c1-17(37)26-9-10-27(39-26)28-21-14-25(33-23(21)11-12-32-28)30-29-24(35-36-30)8-7-22(34-29)18-13-20(16-31-15-18)38-19-5-3-2-4-6-19/h7-16,19,33H,2-6H2,1H3,(H,35,36). The van der Waals surface area contributed by atoms with E-state index in [2.05, 4.69) is 31.2 Å². The van der Waals surface area contributed by atoms with E-state index in [4.69, 9.17) is 9.72 Å². The van der Waals surface area contributed by atoms with E-state index in [9.17, 15) is 4.79 Å². The second kappa shape index (κ2) is 9.74. The Morgan fingerprint density at radius 1 is 1.00 bits per heavy atom. The molecule has 0 aromatic carbocycles. The molecule has 0 radical (unpaired) electrons.